The van der Waals surface area contributed by atoms with Gasteiger partial charge < -0.3 is 20.1 Å². The lowest BCUT2D eigenvalue weighted by Gasteiger charge is -2.35. The lowest BCUT2D eigenvalue weighted by molar-refractivity contribution is 0.0368. The van der Waals surface area contributed by atoms with Crippen molar-refractivity contribution < 1.29 is 14.3 Å². The Balaban J connectivity index is 1.46. The monoisotopic (exact) mass is 463 g/mol. The highest BCUT2D eigenvalue weighted by molar-refractivity contribution is 5.94. The third-order valence-electron chi connectivity index (χ3n) is 6.42. The molecule has 34 heavy (non-hydrogen) atoms. The van der Waals surface area contributed by atoms with Crippen molar-refractivity contribution in [3.05, 3.63) is 53.2 Å². The van der Waals surface area contributed by atoms with Gasteiger partial charge in [-0.25, -0.2) is 9.97 Å². The number of hydrogen-bond donors (Lipinski definition) is 1. The van der Waals surface area contributed by atoms with Crippen molar-refractivity contribution in [2.75, 3.05) is 32.7 Å². The van der Waals surface area contributed by atoms with Crippen molar-refractivity contribution in [1.82, 2.24) is 29.6 Å². The molecule has 3 aromatic heterocycles. The standard InChI is InChI=1S/C24H29N7O3/c1-15-4-3-5-17(27-15)12-30-18(14-33-2)13-31-21(24(30)32)10-19(29-31)22-23(25)26-11-20(28-22)16-6-8-34-9-7-16/h3-5,10-11,16,18H,6-9,12-14H2,1-2H3,(H2,25,26). The molecular formula is C24H29N7O3. The quantitative estimate of drug-likeness (QED) is 0.590. The van der Waals surface area contributed by atoms with Crippen LogP contribution < -0.4 is 5.73 Å². The van der Waals surface area contributed by atoms with E-state index in [1.807, 2.05) is 25.1 Å². The third-order valence-corrected chi connectivity index (χ3v) is 6.42. The van der Waals surface area contributed by atoms with Gasteiger partial charge in [0, 0.05) is 31.9 Å². The van der Waals surface area contributed by atoms with E-state index >= 15 is 0 Å². The lowest BCUT2D eigenvalue weighted by Crippen LogP contribution is -2.49. The van der Waals surface area contributed by atoms with E-state index in [0.717, 1.165) is 29.9 Å². The second kappa shape index (κ2) is 9.47. The van der Waals surface area contributed by atoms with Gasteiger partial charge in [0.05, 0.1) is 43.3 Å². The molecule has 0 bridgehead atoms. The second-order valence-electron chi connectivity index (χ2n) is 8.82. The van der Waals surface area contributed by atoms with E-state index in [1.165, 1.54) is 0 Å². The number of carbonyl (C=O) groups is 1. The fourth-order valence-corrected chi connectivity index (χ4v) is 4.64. The van der Waals surface area contributed by atoms with Crippen molar-refractivity contribution in [3.8, 4) is 11.4 Å². The van der Waals surface area contributed by atoms with Crippen LogP contribution in [0.5, 0.6) is 0 Å². The maximum Gasteiger partial charge on any atom is 0.272 e. The maximum absolute atomic E-state index is 13.5. The molecule has 178 valence electrons. The topological polar surface area (TPSA) is 121 Å². The minimum absolute atomic E-state index is 0.123. The Morgan fingerprint density at radius 3 is 2.82 bits per heavy atom. The Labute approximate surface area is 198 Å². The normalized spacial score (nSPS) is 18.8. The largest absolute Gasteiger partial charge is 0.382 e. The fraction of sp³-hybridized carbons (Fsp3) is 0.458. The Bertz CT molecular complexity index is 1190. The van der Waals surface area contributed by atoms with E-state index in [9.17, 15) is 4.79 Å². The van der Waals surface area contributed by atoms with Gasteiger partial charge in [-0.2, -0.15) is 5.10 Å². The number of aromatic nitrogens is 5. The number of nitrogen functional groups attached to an aromatic ring is 1. The number of nitrogens with zero attached hydrogens (tertiary/aromatic N) is 6. The van der Waals surface area contributed by atoms with Crippen molar-refractivity contribution in [1.29, 1.82) is 0 Å². The number of amides is 1. The number of methoxy groups -OCH3 is 1. The number of anilines is 1. The first-order valence-corrected chi connectivity index (χ1v) is 11.5. The van der Waals surface area contributed by atoms with Crippen LogP contribution in [0, 0.1) is 6.92 Å². The van der Waals surface area contributed by atoms with Gasteiger partial charge in [-0.15, -0.1) is 0 Å². The zero-order valence-electron chi connectivity index (χ0n) is 19.5. The first-order valence-electron chi connectivity index (χ1n) is 11.5. The van der Waals surface area contributed by atoms with Gasteiger partial charge in [-0.05, 0) is 38.0 Å². The molecule has 2 N–H and O–H groups in total. The van der Waals surface area contributed by atoms with Crippen LogP contribution in [0.2, 0.25) is 0 Å². The van der Waals surface area contributed by atoms with Crippen LogP contribution in [-0.4, -0.2) is 68.5 Å². The molecule has 0 spiro atoms. The molecule has 1 atom stereocenters. The summed E-state index contributed by atoms with van der Waals surface area (Å²) in [6, 6.07) is 7.41. The Morgan fingerprint density at radius 2 is 2.06 bits per heavy atom. The van der Waals surface area contributed by atoms with Gasteiger partial charge >= 0.3 is 0 Å². The summed E-state index contributed by atoms with van der Waals surface area (Å²) in [7, 11) is 1.63. The molecule has 0 aromatic carbocycles. The molecule has 1 amide bonds. The van der Waals surface area contributed by atoms with Crippen LogP contribution in [0.25, 0.3) is 11.4 Å². The molecule has 1 saturated heterocycles. The van der Waals surface area contributed by atoms with Crippen molar-refractivity contribution in [3.63, 3.8) is 0 Å². The van der Waals surface area contributed by atoms with Crippen molar-refractivity contribution >= 4 is 11.7 Å². The average molecular weight is 464 g/mol. The Morgan fingerprint density at radius 1 is 1.24 bits per heavy atom. The first kappa shape index (κ1) is 22.4. The molecule has 2 aliphatic heterocycles. The van der Waals surface area contributed by atoms with E-state index in [0.29, 0.717) is 55.8 Å². The molecule has 10 heteroatoms. The van der Waals surface area contributed by atoms with Crippen LogP contribution in [-0.2, 0) is 22.6 Å². The zero-order valence-corrected chi connectivity index (χ0v) is 19.5. The number of hydrogen-bond acceptors (Lipinski definition) is 8. The van der Waals surface area contributed by atoms with Crippen LogP contribution in [0.1, 0.15) is 46.3 Å². The van der Waals surface area contributed by atoms with E-state index in [1.54, 1.807) is 29.0 Å². The third kappa shape index (κ3) is 4.38. The number of fused-ring (bicyclic) bond motifs is 1. The minimum atomic E-state index is -0.169. The molecule has 5 heterocycles. The molecular weight excluding hydrogens is 434 g/mol. The highest BCUT2D eigenvalue weighted by atomic mass is 16.5. The van der Waals surface area contributed by atoms with Gasteiger partial charge in [0.15, 0.2) is 5.82 Å². The predicted octanol–water partition coefficient (Wildman–Crippen LogP) is 2.19. The van der Waals surface area contributed by atoms with Crippen LogP contribution in [0.3, 0.4) is 0 Å². The molecule has 2 aliphatic rings. The highest BCUT2D eigenvalue weighted by Crippen LogP contribution is 2.30. The van der Waals surface area contributed by atoms with Crippen LogP contribution >= 0.6 is 0 Å². The lowest BCUT2D eigenvalue weighted by atomic mass is 9.97. The first-order chi connectivity index (χ1) is 16.5. The van der Waals surface area contributed by atoms with Gasteiger partial charge in [0.1, 0.15) is 17.1 Å². The molecule has 1 fully saturated rings. The molecule has 3 aromatic rings. The Hall–Kier alpha value is -3.37. The van der Waals surface area contributed by atoms with Gasteiger partial charge in [-0.1, -0.05) is 6.07 Å². The second-order valence-corrected chi connectivity index (χ2v) is 8.82. The predicted molar refractivity (Wildman–Crippen MR) is 125 cm³/mol. The summed E-state index contributed by atoms with van der Waals surface area (Å²) in [5.74, 6) is 0.457. The number of nitrogens with two attached hydrogens (primary N) is 1. The SMILES string of the molecule is COCC1Cn2nc(-c3nc(C4CCOCC4)cnc3N)cc2C(=O)N1Cc1cccc(C)n1. The molecule has 0 aliphatic carbocycles. The summed E-state index contributed by atoms with van der Waals surface area (Å²) in [6.07, 6.45) is 3.54. The summed E-state index contributed by atoms with van der Waals surface area (Å²) < 4.78 is 12.6. The zero-order chi connectivity index (χ0) is 23.7. The molecule has 0 radical (unpaired) electrons. The number of carbonyl (C=O) groups excluding carboxylic acids is 1. The van der Waals surface area contributed by atoms with Crippen LogP contribution in [0.4, 0.5) is 5.82 Å². The van der Waals surface area contributed by atoms with Gasteiger partial charge in [0.25, 0.3) is 5.91 Å². The maximum atomic E-state index is 13.5. The number of aryl methyl sites for hydroxylation is 1. The summed E-state index contributed by atoms with van der Waals surface area (Å²) in [5.41, 5.74) is 10.4. The van der Waals surface area contributed by atoms with Crippen LogP contribution in [0.15, 0.2) is 30.5 Å². The molecule has 0 saturated carbocycles. The van der Waals surface area contributed by atoms with Crippen molar-refractivity contribution in [2.24, 2.45) is 0 Å². The number of pyridine rings is 1. The molecule has 5 rings (SSSR count). The Kier molecular flexibility index (Phi) is 6.25. The minimum Gasteiger partial charge on any atom is -0.382 e. The molecule has 10 nitrogen and oxygen atoms in total. The fourth-order valence-electron chi connectivity index (χ4n) is 4.64. The summed E-state index contributed by atoms with van der Waals surface area (Å²) in [6.45, 7) is 4.67. The van der Waals surface area contributed by atoms with Gasteiger partial charge in [0.2, 0.25) is 0 Å². The molecule has 1 unspecified atom stereocenters. The summed E-state index contributed by atoms with van der Waals surface area (Å²) >= 11 is 0. The van der Waals surface area contributed by atoms with E-state index in [-0.39, 0.29) is 17.9 Å². The summed E-state index contributed by atoms with van der Waals surface area (Å²) in [4.78, 5) is 29.1. The van der Waals surface area contributed by atoms with Gasteiger partial charge in [-0.3, -0.25) is 14.5 Å². The van der Waals surface area contributed by atoms with E-state index in [2.05, 4.69) is 9.97 Å². The van der Waals surface area contributed by atoms with E-state index in [4.69, 9.17) is 25.3 Å². The van der Waals surface area contributed by atoms with Crippen molar-refractivity contribution in [2.45, 2.75) is 44.8 Å². The highest BCUT2D eigenvalue weighted by Gasteiger charge is 2.35. The number of ether oxygens (including phenoxy) is 2. The smallest absolute Gasteiger partial charge is 0.272 e. The van der Waals surface area contributed by atoms with E-state index < -0.39 is 0 Å². The average Bonchev–Trinajstić information content (AvgIpc) is 3.27. The summed E-state index contributed by atoms with van der Waals surface area (Å²) in [5, 5.41) is 4.70. The number of rotatable bonds is 6.